The highest BCUT2D eigenvalue weighted by Crippen LogP contribution is 2.30. The van der Waals surface area contributed by atoms with E-state index in [4.69, 9.17) is 0 Å². The first kappa shape index (κ1) is 16.0. The standard InChI is InChI=1S/C15H14Br2N2O2/c1-2-14(10-4-3-5-11(16)8-10)18-12-6-7-15(19(20)21)13(17)9-12/h3-9,14,18H,2H2,1H3. The normalized spacial score (nSPS) is 12.0. The van der Waals surface area contributed by atoms with Crippen molar-refractivity contribution in [3.05, 3.63) is 67.1 Å². The molecule has 0 saturated carbocycles. The maximum atomic E-state index is 10.8. The fraction of sp³-hybridized carbons (Fsp3) is 0.200. The van der Waals surface area contributed by atoms with Crippen molar-refractivity contribution in [3.8, 4) is 0 Å². The third kappa shape index (κ3) is 4.04. The van der Waals surface area contributed by atoms with Crippen LogP contribution in [-0.2, 0) is 0 Å². The molecule has 2 rings (SSSR count). The van der Waals surface area contributed by atoms with Crippen LogP contribution < -0.4 is 5.32 Å². The van der Waals surface area contributed by atoms with Gasteiger partial charge in [0, 0.05) is 16.2 Å². The average Bonchev–Trinajstić information content (AvgIpc) is 2.44. The monoisotopic (exact) mass is 412 g/mol. The van der Waals surface area contributed by atoms with E-state index >= 15 is 0 Å². The van der Waals surface area contributed by atoms with E-state index in [0.717, 1.165) is 16.6 Å². The van der Waals surface area contributed by atoms with Crippen LogP contribution >= 0.6 is 31.9 Å². The Morgan fingerprint density at radius 1 is 1.24 bits per heavy atom. The molecular formula is C15H14Br2N2O2. The average molecular weight is 414 g/mol. The number of halogens is 2. The summed E-state index contributed by atoms with van der Waals surface area (Å²) in [5, 5.41) is 14.2. The predicted octanol–water partition coefficient (Wildman–Crippen LogP) is 5.68. The second-order valence-corrected chi connectivity index (χ2v) is 6.35. The zero-order chi connectivity index (χ0) is 15.4. The summed E-state index contributed by atoms with van der Waals surface area (Å²) in [4.78, 5) is 10.4. The fourth-order valence-corrected chi connectivity index (χ4v) is 3.03. The molecule has 0 saturated heterocycles. The zero-order valence-corrected chi connectivity index (χ0v) is 14.5. The van der Waals surface area contributed by atoms with Crippen molar-refractivity contribution < 1.29 is 4.92 Å². The first-order valence-electron chi connectivity index (χ1n) is 6.47. The summed E-state index contributed by atoms with van der Waals surface area (Å²) in [6.07, 6.45) is 0.908. The van der Waals surface area contributed by atoms with Gasteiger partial charge in [0.1, 0.15) is 0 Å². The molecule has 2 aromatic carbocycles. The minimum absolute atomic E-state index is 0.0658. The van der Waals surface area contributed by atoms with Gasteiger partial charge < -0.3 is 5.32 Å². The van der Waals surface area contributed by atoms with Gasteiger partial charge in [0.2, 0.25) is 0 Å². The van der Waals surface area contributed by atoms with Crippen molar-refractivity contribution in [1.82, 2.24) is 0 Å². The van der Waals surface area contributed by atoms with E-state index in [0.29, 0.717) is 4.47 Å². The van der Waals surface area contributed by atoms with Crippen LogP contribution in [0.2, 0.25) is 0 Å². The molecule has 0 aromatic heterocycles. The Balaban J connectivity index is 2.23. The number of hydrogen-bond acceptors (Lipinski definition) is 3. The first-order chi connectivity index (χ1) is 10.0. The van der Waals surface area contributed by atoms with E-state index in [1.165, 1.54) is 11.6 Å². The Kier molecular flexibility index (Phi) is 5.36. The molecule has 1 atom stereocenters. The SMILES string of the molecule is CCC(Nc1ccc([N+](=O)[O-])c(Br)c1)c1cccc(Br)c1. The molecule has 21 heavy (non-hydrogen) atoms. The molecule has 0 spiro atoms. The Morgan fingerprint density at radius 3 is 2.57 bits per heavy atom. The van der Waals surface area contributed by atoms with Gasteiger partial charge in [0.25, 0.3) is 5.69 Å². The van der Waals surface area contributed by atoms with Crippen LogP contribution in [0.15, 0.2) is 51.4 Å². The Labute approximate surface area is 140 Å². The van der Waals surface area contributed by atoms with Crippen molar-refractivity contribution in [2.24, 2.45) is 0 Å². The molecule has 110 valence electrons. The molecule has 4 nitrogen and oxygen atoms in total. The lowest BCUT2D eigenvalue weighted by Crippen LogP contribution is -2.09. The van der Waals surface area contributed by atoms with Crippen molar-refractivity contribution in [1.29, 1.82) is 0 Å². The molecule has 0 amide bonds. The molecule has 0 fully saturated rings. The summed E-state index contributed by atoms with van der Waals surface area (Å²) in [6, 6.07) is 13.2. The summed E-state index contributed by atoms with van der Waals surface area (Å²) < 4.78 is 1.51. The van der Waals surface area contributed by atoms with Crippen molar-refractivity contribution >= 4 is 43.2 Å². The summed E-state index contributed by atoms with van der Waals surface area (Å²) >= 11 is 6.71. The van der Waals surface area contributed by atoms with Gasteiger partial charge in [0.05, 0.1) is 15.4 Å². The molecule has 0 aliphatic heterocycles. The third-order valence-corrected chi connectivity index (χ3v) is 4.27. The number of nitrogens with zero attached hydrogens (tertiary/aromatic N) is 1. The summed E-state index contributed by atoms with van der Waals surface area (Å²) in [5.74, 6) is 0. The number of nitrogens with one attached hydrogen (secondary N) is 1. The lowest BCUT2D eigenvalue weighted by Gasteiger charge is -2.19. The van der Waals surface area contributed by atoms with E-state index in [-0.39, 0.29) is 11.7 Å². The number of hydrogen-bond donors (Lipinski definition) is 1. The Bertz CT molecular complexity index is 662. The molecule has 1 unspecified atom stereocenters. The largest absolute Gasteiger partial charge is 0.378 e. The van der Waals surface area contributed by atoms with Crippen molar-refractivity contribution in [3.63, 3.8) is 0 Å². The number of anilines is 1. The molecule has 1 N–H and O–H groups in total. The van der Waals surface area contributed by atoms with E-state index < -0.39 is 4.92 Å². The van der Waals surface area contributed by atoms with Crippen LogP contribution in [0, 0.1) is 10.1 Å². The summed E-state index contributed by atoms with van der Waals surface area (Å²) in [6.45, 7) is 2.10. The van der Waals surface area contributed by atoms with Gasteiger partial charge in [-0.05, 0) is 52.2 Å². The second-order valence-electron chi connectivity index (χ2n) is 4.58. The van der Waals surface area contributed by atoms with Crippen LogP contribution in [0.5, 0.6) is 0 Å². The third-order valence-electron chi connectivity index (χ3n) is 3.14. The van der Waals surface area contributed by atoms with Crippen molar-refractivity contribution in [2.75, 3.05) is 5.32 Å². The van der Waals surface area contributed by atoms with Gasteiger partial charge in [-0.1, -0.05) is 35.0 Å². The zero-order valence-electron chi connectivity index (χ0n) is 11.3. The molecule has 6 heteroatoms. The highest BCUT2D eigenvalue weighted by molar-refractivity contribution is 9.10. The van der Waals surface area contributed by atoms with Gasteiger partial charge >= 0.3 is 0 Å². The van der Waals surface area contributed by atoms with Crippen LogP contribution in [-0.4, -0.2) is 4.92 Å². The van der Waals surface area contributed by atoms with E-state index in [9.17, 15) is 10.1 Å². The summed E-state index contributed by atoms with van der Waals surface area (Å²) in [5.41, 5.74) is 2.08. The van der Waals surface area contributed by atoms with E-state index in [1.807, 2.05) is 12.1 Å². The lowest BCUT2D eigenvalue weighted by molar-refractivity contribution is -0.385. The van der Waals surface area contributed by atoms with Crippen LogP contribution in [0.3, 0.4) is 0 Å². The van der Waals surface area contributed by atoms with E-state index in [1.54, 1.807) is 12.1 Å². The molecular weight excluding hydrogens is 400 g/mol. The van der Waals surface area contributed by atoms with Crippen molar-refractivity contribution in [2.45, 2.75) is 19.4 Å². The van der Waals surface area contributed by atoms with Gasteiger partial charge in [-0.3, -0.25) is 10.1 Å². The predicted molar refractivity (Wildman–Crippen MR) is 91.6 cm³/mol. The lowest BCUT2D eigenvalue weighted by atomic mass is 10.0. The van der Waals surface area contributed by atoms with Gasteiger partial charge in [0.15, 0.2) is 0 Å². The smallest absolute Gasteiger partial charge is 0.283 e. The number of benzene rings is 2. The maximum Gasteiger partial charge on any atom is 0.283 e. The van der Waals surface area contributed by atoms with Crippen LogP contribution in [0.1, 0.15) is 24.9 Å². The molecule has 0 radical (unpaired) electrons. The molecule has 0 bridgehead atoms. The maximum absolute atomic E-state index is 10.8. The number of rotatable bonds is 5. The molecule has 0 aliphatic carbocycles. The van der Waals surface area contributed by atoms with Gasteiger partial charge in [-0.2, -0.15) is 0 Å². The van der Waals surface area contributed by atoms with E-state index in [2.05, 4.69) is 56.2 Å². The van der Waals surface area contributed by atoms with Crippen LogP contribution in [0.25, 0.3) is 0 Å². The second kappa shape index (κ2) is 7.04. The Morgan fingerprint density at radius 2 is 2.00 bits per heavy atom. The Hall–Kier alpha value is -1.40. The van der Waals surface area contributed by atoms with Crippen LogP contribution in [0.4, 0.5) is 11.4 Å². The molecule has 0 aliphatic rings. The first-order valence-corrected chi connectivity index (χ1v) is 8.05. The minimum Gasteiger partial charge on any atom is -0.378 e. The minimum atomic E-state index is -0.403. The molecule has 0 heterocycles. The molecule has 2 aromatic rings. The quantitative estimate of drug-likeness (QED) is 0.506. The number of nitro groups is 1. The van der Waals surface area contributed by atoms with Gasteiger partial charge in [-0.15, -0.1) is 0 Å². The highest BCUT2D eigenvalue weighted by atomic mass is 79.9. The number of nitro benzene ring substituents is 1. The summed E-state index contributed by atoms with van der Waals surface area (Å²) in [7, 11) is 0. The highest BCUT2D eigenvalue weighted by Gasteiger charge is 2.14. The van der Waals surface area contributed by atoms with Gasteiger partial charge in [-0.25, -0.2) is 0 Å². The fourth-order valence-electron chi connectivity index (χ4n) is 2.09. The topological polar surface area (TPSA) is 55.2 Å².